The van der Waals surface area contributed by atoms with Crippen molar-refractivity contribution >= 4 is 34.9 Å². The van der Waals surface area contributed by atoms with Crippen molar-refractivity contribution in [3.05, 3.63) is 53.1 Å². The molecule has 1 aliphatic carbocycles. The molecular formula is C23H27ClN4O2. The summed E-state index contributed by atoms with van der Waals surface area (Å²) in [5, 5.41) is 3.28. The van der Waals surface area contributed by atoms with E-state index in [0.29, 0.717) is 22.7 Å². The molecule has 7 heteroatoms. The molecule has 0 saturated heterocycles. The molecule has 1 amide bonds. The summed E-state index contributed by atoms with van der Waals surface area (Å²) >= 11 is 6.10. The molecule has 2 aliphatic rings. The van der Waals surface area contributed by atoms with Gasteiger partial charge in [0.25, 0.3) is 0 Å². The van der Waals surface area contributed by atoms with Crippen LogP contribution in [-0.4, -0.2) is 22.6 Å². The van der Waals surface area contributed by atoms with Crippen molar-refractivity contribution in [2.75, 3.05) is 16.8 Å². The summed E-state index contributed by atoms with van der Waals surface area (Å²) in [5.41, 5.74) is 3.39. The minimum absolute atomic E-state index is 0.351. The van der Waals surface area contributed by atoms with Crippen molar-refractivity contribution in [1.29, 1.82) is 0 Å². The Balaban J connectivity index is 1.45. The number of fused-ring (bicyclic) bond motifs is 1. The normalized spacial score (nSPS) is 19.2. The number of ether oxygens (including phenoxy) is 1. The first kappa shape index (κ1) is 20.7. The van der Waals surface area contributed by atoms with E-state index in [-0.39, 0.29) is 0 Å². The highest BCUT2D eigenvalue weighted by Crippen LogP contribution is 2.38. The molecule has 6 nitrogen and oxygen atoms in total. The molecule has 0 aromatic carbocycles. The fourth-order valence-electron chi connectivity index (χ4n) is 4.18. The van der Waals surface area contributed by atoms with Gasteiger partial charge in [-0.1, -0.05) is 31.4 Å². The molecular weight excluding hydrogens is 400 g/mol. The topological polar surface area (TPSA) is 67.4 Å². The average molecular weight is 427 g/mol. The number of aromatic nitrogens is 2. The summed E-state index contributed by atoms with van der Waals surface area (Å²) in [4.78, 5) is 23.5. The summed E-state index contributed by atoms with van der Waals surface area (Å²) in [7, 11) is 0. The maximum absolute atomic E-state index is 12.1. The number of amides is 1. The van der Waals surface area contributed by atoms with Crippen LogP contribution in [0.5, 0.6) is 0 Å². The van der Waals surface area contributed by atoms with Gasteiger partial charge in [0.15, 0.2) is 0 Å². The minimum Gasteiger partial charge on any atom is -0.418 e. The summed E-state index contributed by atoms with van der Waals surface area (Å²) in [6.07, 6.45) is 8.81. The summed E-state index contributed by atoms with van der Waals surface area (Å²) < 4.78 is 5.19. The molecule has 0 bridgehead atoms. The van der Waals surface area contributed by atoms with E-state index >= 15 is 0 Å². The van der Waals surface area contributed by atoms with Crippen LogP contribution in [0.25, 0.3) is 0 Å². The lowest BCUT2D eigenvalue weighted by Crippen LogP contribution is -2.28. The van der Waals surface area contributed by atoms with Gasteiger partial charge in [0.2, 0.25) is 0 Å². The number of rotatable bonds is 4. The molecule has 1 fully saturated rings. The molecule has 4 rings (SSSR count). The lowest BCUT2D eigenvalue weighted by Gasteiger charge is -2.33. The van der Waals surface area contributed by atoms with E-state index in [1.165, 1.54) is 31.9 Å². The van der Waals surface area contributed by atoms with Gasteiger partial charge in [0.1, 0.15) is 11.0 Å². The van der Waals surface area contributed by atoms with Gasteiger partial charge in [-0.25, -0.2) is 14.8 Å². The monoisotopic (exact) mass is 426 g/mol. The van der Waals surface area contributed by atoms with Crippen molar-refractivity contribution in [2.45, 2.75) is 51.9 Å². The first-order valence-electron chi connectivity index (χ1n) is 10.6. The van der Waals surface area contributed by atoms with Crippen LogP contribution in [0.1, 0.15) is 56.3 Å². The second-order valence-electron chi connectivity index (χ2n) is 8.09. The Morgan fingerprint density at radius 3 is 2.77 bits per heavy atom. The summed E-state index contributed by atoms with van der Waals surface area (Å²) in [6.45, 7) is 4.89. The first-order chi connectivity index (χ1) is 14.5. The number of nitrogens with zero attached hydrogens (tertiary/aromatic N) is 3. The Labute approximate surface area is 182 Å². The van der Waals surface area contributed by atoms with Crippen LogP contribution in [0.4, 0.5) is 22.0 Å². The van der Waals surface area contributed by atoms with Crippen molar-refractivity contribution in [3.8, 4) is 0 Å². The Morgan fingerprint density at radius 1 is 1.20 bits per heavy atom. The highest BCUT2D eigenvalue weighted by Gasteiger charge is 2.26. The fraction of sp³-hybridized carbons (Fsp3) is 0.435. The van der Waals surface area contributed by atoms with Crippen LogP contribution in [0.2, 0.25) is 5.15 Å². The summed E-state index contributed by atoms with van der Waals surface area (Å²) in [5.74, 6) is 1.70. The lowest BCUT2D eigenvalue weighted by molar-refractivity contribution is 0.200. The second kappa shape index (κ2) is 9.04. The van der Waals surface area contributed by atoms with Gasteiger partial charge in [-0.2, -0.15) is 0 Å². The molecule has 0 radical (unpaired) electrons. The standard InChI is InChI=1S/C23H27ClN4O2/c1-15-11-13-28(19-8-9-20(24)27-22(15)19)21-10-7-18(16(2)25-21)26-23(29)30-14-12-17-5-3-4-6-17/h7-10,12,14-15,17H,3-6,11,13H2,1-2H3,(H,26,29). The number of carbonyl (C=O) groups excluding carboxylic acids is 1. The van der Waals surface area contributed by atoms with Gasteiger partial charge in [-0.15, -0.1) is 0 Å². The quantitative estimate of drug-likeness (QED) is 0.456. The molecule has 3 heterocycles. The predicted molar refractivity (Wildman–Crippen MR) is 119 cm³/mol. The van der Waals surface area contributed by atoms with Crippen molar-refractivity contribution < 1.29 is 9.53 Å². The number of hydrogen-bond acceptors (Lipinski definition) is 5. The van der Waals surface area contributed by atoms with Gasteiger partial charge in [-0.3, -0.25) is 5.32 Å². The largest absolute Gasteiger partial charge is 0.418 e. The third kappa shape index (κ3) is 4.59. The molecule has 158 valence electrons. The maximum Gasteiger partial charge on any atom is 0.416 e. The van der Waals surface area contributed by atoms with Gasteiger partial charge < -0.3 is 9.64 Å². The zero-order chi connectivity index (χ0) is 21.1. The van der Waals surface area contributed by atoms with Gasteiger partial charge in [-0.05, 0) is 62.4 Å². The second-order valence-corrected chi connectivity index (χ2v) is 8.47. The number of halogens is 1. The van der Waals surface area contributed by atoms with E-state index in [9.17, 15) is 4.79 Å². The average Bonchev–Trinajstić information content (AvgIpc) is 3.24. The molecule has 1 unspecified atom stereocenters. The third-order valence-corrected chi connectivity index (χ3v) is 6.13. The smallest absolute Gasteiger partial charge is 0.416 e. The van der Waals surface area contributed by atoms with Gasteiger partial charge >= 0.3 is 6.09 Å². The molecule has 1 atom stereocenters. The number of aryl methyl sites for hydroxylation is 1. The number of carbonyl (C=O) groups is 1. The van der Waals surface area contributed by atoms with Crippen molar-refractivity contribution in [3.63, 3.8) is 0 Å². The minimum atomic E-state index is -0.502. The van der Waals surface area contributed by atoms with Crippen LogP contribution >= 0.6 is 11.6 Å². The highest BCUT2D eigenvalue weighted by atomic mass is 35.5. The number of hydrogen-bond donors (Lipinski definition) is 1. The Kier molecular flexibility index (Phi) is 6.23. The lowest BCUT2D eigenvalue weighted by atomic mass is 9.96. The van der Waals surface area contributed by atoms with Crippen molar-refractivity contribution in [2.24, 2.45) is 5.92 Å². The molecule has 2 aromatic heterocycles. The highest BCUT2D eigenvalue weighted by molar-refractivity contribution is 6.29. The van der Waals surface area contributed by atoms with E-state index in [1.54, 1.807) is 0 Å². The number of allylic oxidation sites excluding steroid dienone is 1. The van der Waals surface area contributed by atoms with Crippen LogP contribution < -0.4 is 10.2 Å². The molecule has 1 aliphatic heterocycles. The van der Waals surface area contributed by atoms with Crippen LogP contribution in [0.3, 0.4) is 0 Å². The maximum atomic E-state index is 12.1. The van der Waals surface area contributed by atoms with E-state index in [1.807, 2.05) is 37.3 Å². The van der Waals surface area contributed by atoms with Crippen LogP contribution in [-0.2, 0) is 4.74 Å². The molecule has 1 saturated carbocycles. The number of nitrogens with one attached hydrogen (secondary N) is 1. The Hall–Kier alpha value is -2.60. The van der Waals surface area contributed by atoms with E-state index in [4.69, 9.17) is 21.3 Å². The van der Waals surface area contributed by atoms with E-state index in [2.05, 4.69) is 22.1 Å². The number of pyridine rings is 2. The Morgan fingerprint density at radius 2 is 2.00 bits per heavy atom. The van der Waals surface area contributed by atoms with Gasteiger partial charge in [0, 0.05) is 12.5 Å². The zero-order valence-corrected chi connectivity index (χ0v) is 18.2. The van der Waals surface area contributed by atoms with Crippen LogP contribution in [0.15, 0.2) is 36.6 Å². The number of anilines is 3. The fourth-order valence-corrected chi connectivity index (χ4v) is 4.34. The Bertz CT molecular complexity index is 956. The van der Waals surface area contributed by atoms with Crippen LogP contribution in [0, 0.1) is 12.8 Å². The SMILES string of the molecule is Cc1nc(N2CCC(C)c3nc(Cl)ccc32)ccc1NC(=O)OC=CC1CCCC1. The predicted octanol–water partition coefficient (Wildman–Crippen LogP) is 6.34. The molecule has 1 N–H and O–H groups in total. The summed E-state index contributed by atoms with van der Waals surface area (Å²) in [6, 6.07) is 7.58. The zero-order valence-electron chi connectivity index (χ0n) is 17.4. The first-order valence-corrected chi connectivity index (χ1v) is 10.9. The van der Waals surface area contributed by atoms with E-state index in [0.717, 1.165) is 35.9 Å². The van der Waals surface area contributed by atoms with Crippen molar-refractivity contribution in [1.82, 2.24) is 9.97 Å². The molecule has 30 heavy (non-hydrogen) atoms. The van der Waals surface area contributed by atoms with E-state index < -0.39 is 6.09 Å². The molecule has 0 spiro atoms. The van der Waals surface area contributed by atoms with Gasteiger partial charge in [0.05, 0.1) is 29.0 Å². The third-order valence-electron chi connectivity index (χ3n) is 5.92. The molecule has 2 aromatic rings.